The minimum Gasteiger partial charge on any atom is -0.244 e. The van der Waals surface area contributed by atoms with Crippen LogP contribution in [-0.2, 0) is 0 Å². The molecule has 0 bridgehead atoms. The SMILES string of the molecule is O=[N+]([O-])N(Cl)c1ccc2ncncc2c1. The standard InChI is InChI=1S/C8H5ClN4O2/c9-12(13(14)15)7-1-2-8-6(3-7)4-10-5-11-8/h1-5H. The van der Waals surface area contributed by atoms with Crippen LogP contribution in [0.2, 0.25) is 0 Å². The van der Waals surface area contributed by atoms with E-state index in [1.165, 1.54) is 12.4 Å². The molecular weight excluding hydrogens is 220 g/mol. The Bertz CT molecular complexity index is 519. The van der Waals surface area contributed by atoms with E-state index >= 15 is 0 Å². The molecule has 1 heterocycles. The normalized spacial score (nSPS) is 10.2. The van der Waals surface area contributed by atoms with Gasteiger partial charge < -0.3 is 0 Å². The van der Waals surface area contributed by atoms with Gasteiger partial charge in [0.15, 0.2) is 5.03 Å². The van der Waals surface area contributed by atoms with Gasteiger partial charge in [-0.2, -0.15) is 0 Å². The quantitative estimate of drug-likeness (QED) is 0.442. The number of rotatable bonds is 2. The van der Waals surface area contributed by atoms with Gasteiger partial charge >= 0.3 is 0 Å². The summed E-state index contributed by atoms with van der Waals surface area (Å²) in [6, 6.07) is 4.71. The van der Waals surface area contributed by atoms with Crippen molar-refractivity contribution in [2.45, 2.75) is 0 Å². The molecule has 0 amide bonds. The van der Waals surface area contributed by atoms with Gasteiger partial charge in [0, 0.05) is 16.1 Å². The van der Waals surface area contributed by atoms with E-state index in [-0.39, 0.29) is 5.69 Å². The second kappa shape index (κ2) is 3.66. The van der Waals surface area contributed by atoms with Crippen molar-refractivity contribution in [3.63, 3.8) is 0 Å². The van der Waals surface area contributed by atoms with Gasteiger partial charge in [-0.3, -0.25) is 0 Å². The van der Waals surface area contributed by atoms with Crippen LogP contribution in [-0.4, -0.2) is 15.0 Å². The number of fused-ring (bicyclic) bond motifs is 1. The minimum atomic E-state index is -0.716. The maximum atomic E-state index is 10.4. The zero-order chi connectivity index (χ0) is 10.8. The first kappa shape index (κ1) is 9.60. The Morgan fingerprint density at radius 2 is 2.27 bits per heavy atom. The lowest BCUT2D eigenvalue weighted by molar-refractivity contribution is -0.475. The summed E-state index contributed by atoms with van der Waals surface area (Å²) in [5, 5.41) is 10.4. The Morgan fingerprint density at radius 3 is 3.00 bits per heavy atom. The molecule has 0 radical (unpaired) electrons. The summed E-state index contributed by atoms with van der Waals surface area (Å²) in [5.41, 5.74) is 0.978. The summed E-state index contributed by atoms with van der Waals surface area (Å²) in [6.45, 7) is 0. The Kier molecular flexibility index (Phi) is 2.34. The lowest BCUT2D eigenvalue weighted by Gasteiger charge is -2.04. The Labute approximate surface area is 89.4 Å². The zero-order valence-electron chi connectivity index (χ0n) is 7.37. The van der Waals surface area contributed by atoms with E-state index in [4.69, 9.17) is 11.8 Å². The molecule has 0 aliphatic carbocycles. The Balaban J connectivity index is 2.51. The van der Waals surface area contributed by atoms with Gasteiger partial charge in [-0.1, -0.05) is 0 Å². The van der Waals surface area contributed by atoms with Crippen LogP contribution in [0.15, 0.2) is 30.7 Å². The highest BCUT2D eigenvalue weighted by Crippen LogP contribution is 2.21. The molecule has 1 aromatic heterocycles. The number of benzene rings is 1. The van der Waals surface area contributed by atoms with Crippen molar-refractivity contribution in [1.29, 1.82) is 0 Å². The number of halogens is 1. The fourth-order valence-electron chi connectivity index (χ4n) is 1.18. The maximum Gasteiger partial charge on any atom is 0.181 e. The number of anilines is 1. The Morgan fingerprint density at radius 1 is 1.47 bits per heavy atom. The van der Waals surface area contributed by atoms with Crippen molar-refractivity contribution < 1.29 is 5.03 Å². The molecule has 15 heavy (non-hydrogen) atoms. The van der Waals surface area contributed by atoms with Crippen molar-refractivity contribution in [2.75, 3.05) is 4.53 Å². The molecular formula is C8H5ClN4O2. The van der Waals surface area contributed by atoms with E-state index in [0.29, 0.717) is 15.4 Å². The van der Waals surface area contributed by atoms with Gasteiger partial charge in [0.25, 0.3) is 0 Å². The van der Waals surface area contributed by atoms with Crippen LogP contribution < -0.4 is 4.53 Å². The van der Waals surface area contributed by atoms with Gasteiger partial charge in [0.2, 0.25) is 0 Å². The molecule has 76 valence electrons. The van der Waals surface area contributed by atoms with Crippen molar-refractivity contribution in [1.82, 2.24) is 9.97 Å². The average Bonchev–Trinajstić information content (AvgIpc) is 2.27. The highest BCUT2D eigenvalue weighted by molar-refractivity contribution is 6.24. The molecule has 2 aromatic rings. The largest absolute Gasteiger partial charge is 0.244 e. The molecule has 0 unspecified atom stereocenters. The van der Waals surface area contributed by atoms with E-state index in [9.17, 15) is 10.1 Å². The number of aromatic nitrogens is 2. The van der Waals surface area contributed by atoms with Crippen LogP contribution in [0, 0.1) is 10.1 Å². The predicted molar refractivity (Wildman–Crippen MR) is 54.9 cm³/mol. The topological polar surface area (TPSA) is 72.2 Å². The first-order valence-electron chi connectivity index (χ1n) is 3.98. The smallest absolute Gasteiger partial charge is 0.181 e. The van der Waals surface area contributed by atoms with Gasteiger partial charge in [-0.25, -0.2) is 20.1 Å². The summed E-state index contributed by atoms with van der Waals surface area (Å²) in [5.74, 6) is 0. The second-order valence-corrected chi connectivity index (χ2v) is 3.08. The molecule has 0 fully saturated rings. The molecule has 0 saturated carbocycles. The van der Waals surface area contributed by atoms with Crippen LogP contribution in [0.5, 0.6) is 0 Å². The van der Waals surface area contributed by atoms with E-state index in [1.54, 1.807) is 18.3 Å². The minimum absolute atomic E-state index is 0.268. The first-order valence-corrected chi connectivity index (χ1v) is 4.32. The van der Waals surface area contributed by atoms with E-state index in [1.807, 2.05) is 0 Å². The molecule has 0 spiro atoms. The average molecular weight is 225 g/mol. The number of nitro groups is 1. The molecule has 6 nitrogen and oxygen atoms in total. The van der Waals surface area contributed by atoms with Crippen molar-refractivity contribution >= 4 is 28.4 Å². The van der Waals surface area contributed by atoms with Crippen molar-refractivity contribution in [2.24, 2.45) is 0 Å². The van der Waals surface area contributed by atoms with Crippen LogP contribution in [0.1, 0.15) is 0 Å². The number of hydrogen-bond donors (Lipinski definition) is 0. The van der Waals surface area contributed by atoms with Crippen LogP contribution in [0.3, 0.4) is 0 Å². The molecule has 2 rings (SSSR count). The number of hydrogen-bond acceptors (Lipinski definition) is 4. The summed E-state index contributed by atoms with van der Waals surface area (Å²) < 4.78 is 0.423. The zero-order valence-corrected chi connectivity index (χ0v) is 8.13. The number of nitrogens with zero attached hydrogens (tertiary/aromatic N) is 4. The fourth-order valence-corrected chi connectivity index (χ4v) is 1.29. The summed E-state index contributed by atoms with van der Waals surface area (Å²) in [4.78, 5) is 18.2. The predicted octanol–water partition coefficient (Wildman–Crippen LogP) is 1.78. The second-order valence-electron chi connectivity index (χ2n) is 2.76. The highest BCUT2D eigenvalue weighted by atomic mass is 35.5. The van der Waals surface area contributed by atoms with Crippen LogP contribution >= 0.6 is 11.8 Å². The summed E-state index contributed by atoms with van der Waals surface area (Å²) in [7, 11) is 0. The molecule has 0 aliphatic heterocycles. The third-order valence-electron chi connectivity index (χ3n) is 1.84. The summed E-state index contributed by atoms with van der Waals surface area (Å²) >= 11 is 5.43. The van der Waals surface area contributed by atoms with E-state index in [0.717, 1.165) is 0 Å². The van der Waals surface area contributed by atoms with E-state index in [2.05, 4.69) is 9.97 Å². The third kappa shape index (κ3) is 1.79. The molecule has 0 atom stereocenters. The fraction of sp³-hybridized carbons (Fsp3) is 0. The van der Waals surface area contributed by atoms with Gasteiger partial charge in [-0.05, 0) is 18.2 Å². The summed E-state index contributed by atoms with van der Waals surface area (Å²) in [6.07, 6.45) is 2.98. The van der Waals surface area contributed by atoms with Crippen LogP contribution in [0.25, 0.3) is 10.9 Å². The number of hydrazine groups is 1. The lowest BCUT2D eigenvalue weighted by atomic mass is 10.2. The van der Waals surface area contributed by atoms with Gasteiger partial charge in [0.05, 0.1) is 17.3 Å². The first-order chi connectivity index (χ1) is 7.18. The van der Waals surface area contributed by atoms with Gasteiger partial charge in [-0.15, -0.1) is 0 Å². The van der Waals surface area contributed by atoms with Gasteiger partial charge in [0.1, 0.15) is 12.0 Å². The highest BCUT2D eigenvalue weighted by Gasteiger charge is 2.14. The maximum absolute atomic E-state index is 10.4. The molecule has 1 aromatic carbocycles. The lowest BCUT2D eigenvalue weighted by Crippen LogP contribution is -2.17. The van der Waals surface area contributed by atoms with Crippen molar-refractivity contribution in [3.8, 4) is 0 Å². The van der Waals surface area contributed by atoms with E-state index < -0.39 is 5.03 Å². The molecule has 0 N–H and O–H groups in total. The Hall–Kier alpha value is -1.95. The molecule has 0 aliphatic rings. The monoisotopic (exact) mass is 224 g/mol. The van der Waals surface area contributed by atoms with Crippen molar-refractivity contribution in [3.05, 3.63) is 40.8 Å². The molecule has 0 saturated heterocycles. The molecule has 7 heteroatoms. The van der Waals surface area contributed by atoms with Crippen LogP contribution in [0.4, 0.5) is 5.69 Å². The third-order valence-corrected chi connectivity index (χ3v) is 2.16.